The fraction of sp³-hybridized carbons (Fsp3) is 0.667. The van der Waals surface area contributed by atoms with Crippen LogP contribution in [0.5, 0.6) is 0 Å². The summed E-state index contributed by atoms with van der Waals surface area (Å²) in [6, 6.07) is 2.39. The van der Waals surface area contributed by atoms with Crippen molar-refractivity contribution in [1.82, 2.24) is 24.4 Å². The second-order valence-electron chi connectivity index (χ2n) is 8.41. The van der Waals surface area contributed by atoms with E-state index >= 15 is 0 Å². The molecule has 152 valence electrons. The summed E-state index contributed by atoms with van der Waals surface area (Å²) >= 11 is 0. The number of H-pyrrole nitrogens is 1. The molecule has 0 saturated carbocycles. The van der Waals surface area contributed by atoms with Gasteiger partial charge in [-0.15, -0.1) is 0 Å². The molecule has 7 nitrogen and oxygen atoms in total. The largest absolute Gasteiger partial charge is 0.334 e. The summed E-state index contributed by atoms with van der Waals surface area (Å²) in [6.07, 6.45) is 5.31. The van der Waals surface area contributed by atoms with Gasteiger partial charge in [-0.3, -0.25) is 19.6 Å². The summed E-state index contributed by atoms with van der Waals surface area (Å²) in [6.45, 7) is 8.74. The van der Waals surface area contributed by atoms with Crippen molar-refractivity contribution in [1.29, 1.82) is 0 Å². The maximum Gasteiger partial charge on any atom is 0.277 e. The van der Waals surface area contributed by atoms with Crippen molar-refractivity contribution in [2.24, 2.45) is 0 Å². The molecule has 0 radical (unpaired) electrons. The van der Waals surface area contributed by atoms with E-state index in [2.05, 4.69) is 23.8 Å². The fourth-order valence-electron chi connectivity index (χ4n) is 4.54. The Labute approximate surface area is 165 Å². The highest BCUT2D eigenvalue weighted by Crippen LogP contribution is 2.31. The van der Waals surface area contributed by atoms with Crippen LogP contribution < -0.4 is 5.56 Å². The van der Waals surface area contributed by atoms with Gasteiger partial charge in [-0.25, -0.2) is 9.50 Å². The van der Waals surface area contributed by atoms with E-state index in [-0.39, 0.29) is 17.5 Å². The number of hydrogen-bond donors (Lipinski definition) is 1. The minimum atomic E-state index is -0.00107. The fourth-order valence-corrected chi connectivity index (χ4v) is 4.54. The van der Waals surface area contributed by atoms with Gasteiger partial charge in [0, 0.05) is 44.6 Å². The van der Waals surface area contributed by atoms with Crippen molar-refractivity contribution in [2.75, 3.05) is 13.1 Å². The van der Waals surface area contributed by atoms with Gasteiger partial charge in [-0.05, 0) is 39.5 Å². The van der Waals surface area contributed by atoms with Gasteiger partial charge in [0.2, 0.25) is 5.91 Å². The number of hydrogen-bond acceptors (Lipinski definition) is 4. The number of likely N-dealkylation sites (tertiary alicyclic amines) is 1. The Kier molecular flexibility index (Phi) is 5.27. The number of nitrogens with zero attached hydrogens (tertiary/aromatic N) is 4. The molecule has 1 amide bonds. The van der Waals surface area contributed by atoms with Crippen LogP contribution in [0.2, 0.25) is 0 Å². The van der Waals surface area contributed by atoms with Crippen LogP contribution >= 0.6 is 0 Å². The number of amides is 1. The van der Waals surface area contributed by atoms with E-state index in [1.165, 1.54) is 0 Å². The first-order chi connectivity index (χ1) is 13.5. The van der Waals surface area contributed by atoms with Crippen LogP contribution in [-0.2, 0) is 17.8 Å². The lowest BCUT2D eigenvalue weighted by Gasteiger charge is -2.35. The van der Waals surface area contributed by atoms with Gasteiger partial charge in [0.05, 0.1) is 23.0 Å². The van der Waals surface area contributed by atoms with Crippen molar-refractivity contribution < 1.29 is 4.79 Å². The predicted octanol–water partition coefficient (Wildman–Crippen LogP) is 2.64. The Morgan fingerprint density at radius 1 is 1.32 bits per heavy atom. The van der Waals surface area contributed by atoms with E-state index in [1.807, 2.05) is 17.9 Å². The van der Waals surface area contributed by atoms with Gasteiger partial charge in [0.15, 0.2) is 5.65 Å². The molecule has 0 bridgehead atoms. The predicted molar refractivity (Wildman–Crippen MR) is 108 cm³/mol. The highest BCUT2D eigenvalue weighted by molar-refractivity contribution is 5.76. The van der Waals surface area contributed by atoms with Gasteiger partial charge >= 0.3 is 0 Å². The number of nitrogens with one attached hydrogen (secondary N) is 1. The molecule has 1 N–H and O–H groups in total. The molecule has 0 unspecified atom stereocenters. The molecule has 0 aliphatic carbocycles. The monoisotopic (exact) mass is 385 g/mol. The summed E-state index contributed by atoms with van der Waals surface area (Å²) < 4.78 is 1.58. The quantitative estimate of drug-likeness (QED) is 0.878. The molecule has 4 heterocycles. The molecule has 28 heavy (non-hydrogen) atoms. The van der Waals surface area contributed by atoms with Crippen LogP contribution in [0.4, 0.5) is 0 Å². The Balaban J connectivity index is 1.71. The van der Waals surface area contributed by atoms with E-state index < -0.39 is 0 Å². The van der Waals surface area contributed by atoms with Crippen LogP contribution in [0.15, 0.2) is 10.9 Å². The first-order valence-corrected chi connectivity index (χ1v) is 10.7. The summed E-state index contributed by atoms with van der Waals surface area (Å²) in [4.78, 5) is 34.8. The molecule has 2 aromatic heterocycles. The van der Waals surface area contributed by atoms with Crippen LogP contribution in [0.3, 0.4) is 0 Å². The molecule has 4 rings (SSSR count). The number of carbonyl (C=O) groups excluding carboxylic acids is 1. The second-order valence-corrected chi connectivity index (χ2v) is 8.41. The van der Waals surface area contributed by atoms with Gasteiger partial charge in [-0.1, -0.05) is 6.92 Å². The van der Waals surface area contributed by atoms with Crippen molar-refractivity contribution in [3.63, 3.8) is 0 Å². The first kappa shape index (κ1) is 19.2. The van der Waals surface area contributed by atoms with Gasteiger partial charge in [0.25, 0.3) is 5.56 Å². The molecule has 0 spiro atoms. The number of piperidine rings is 1. The lowest BCUT2D eigenvalue weighted by Crippen LogP contribution is -2.40. The maximum absolute atomic E-state index is 13.1. The van der Waals surface area contributed by atoms with Crippen molar-refractivity contribution in [3.8, 4) is 0 Å². The Morgan fingerprint density at radius 3 is 2.89 bits per heavy atom. The van der Waals surface area contributed by atoms with E-state index in [4.69, 9.17) is 4.98 Å². The van der Waals surface area contributed by atoms with Gasteiger partial charge in [-0.2, -0.15) is 0 Å². The number of carbonyl (C=O) groups is 1. The third kappa shape index (κ3) is 3.36. The summed E-state index contributed by atoms with van der Waals surface area (Å²) in [5, 5.41) is 3.28. The molecule has 7 heteroatoms. The average Bonchev–Trinajstić information content (AvgIpc) is 3.12. The number of fused-ring (bicyclic) bond motifs is 2. The highest BCUT2D eigenvalue weighted by atomic mass is 16.2. The normalized spacial score (nSPS) is 20.7. The molecular weight excluding hydrogens is 354 g/mol. The molecule has 2 aromatic rings. The summed E-state index contributed by atoms with van der Waals surface area (Å²) in [5.41, 5.74) is 3.32. The van der Waals surface area contributed by atoms with Crippen LogP contribution in [0.1, 0.15) is 75.9 Å². The molecular formula is C21H31N5O2. The highest BCUT2D eigenvalue weighted by Gasteiger charge is 2.30. The van der Waals surface area contributed by atoms with Crippen LogP contribution in [0, 0.1) is 0 Å². The van der Waals surface area contributed by atoms with Gasteiger partial charge < -0.3 is 4.90 Å². The Morgan fingerprint density at radius 2 is 2.14 bits per heavy atom. The zero-order valence-electron chi connectivity index (χ0n) is 17.2. The molecule has 1 fully saturated rings. The van der Waals surface area contributed by atoms with Crippen molar-refractivity contribution in [2.45, 2.75) is 77.9 Å². The molecule has 1 saturated heterocycles. The SMILES string of the molecule is CCCC(=O)N1CCCC[C@H]1c1cc2nc3c(c(=O)n2[nH]1)CN(C(C)C)CC3. The van der Waals surface area contributed by atoms with Crippen LogP contribution in [0.25, 0.3) is 5.65 Å². The summed E-state index contributed by atoms with van der Waals surface area (Å²) in [5.74, 6) is 0.207. The van der Waals surface area contributed by atoms with E-state index in [1.54, 1.807) is 4.52 Å². The van der Waals surface area contributed by atoms with Crippen LogP contribution in [-0.4, -0.2) is 49.4 Å². The third-order valence-electron chi connectivity index (χ3n) is 6.19. The molecule has 1 atom stereocenters. The number of rotatable bonds is 4. The van der Waals surface area contributed by atoms with Crippen molar-refractivity contribution in [3.05, 3.63) is 33.4 Å². The maximum atomic E-state index is 13.1. The first-order valence-electron chi connectivity index (χ1n) is 10.7. The number of aromatic nitrogens is 3. The smallest absolute Gasteiger partial charge is 0.277 e. The molecule has 0 aromatic carbocycles. The van der Waals surface area contributed by atoms with Gasteiger partial charge in [0.1, 0.15) is 0 Å². The topological polar surface area (TPSA) is 73.7 Å². The zero-order chi connectivity index (χ0) is 19.8. The lowest BCUT2D eigenvalue weighted by molar-refractivity contribution is -0.135. The van der Waals surface area contributed by atoms with Crippen molar-refractivity contribution >= 4 is 11.6 Å². The van der Waals surface area contributed by atoms with E-state index in [0.29, 0.717) is 24.7 Å². The second kappa shape index (κ2) is 7.70. The lowest BCUT2D eigenvalue weighted by atomic mass is 9.98. The molecule has 2 aliphatic heterocycles. The Bertz CT molecular complexity index is 929. The number of aromatic amines is 1. The van der Waals surface area contributed by atoms with E-state index in [0.717, 1.165) is 62.1 Å². The summed E-state index contributed by atoms with van der Waals surface area (Å²) in [7, 11) is 0. The molecule has 2 aliphatic rings. The average molecular weight is 386 g/mol. The minimum absolute atomic E-state index is 0.00107. The van der Waals surface area contributed by atoms with E-state index in [9.17, 15) is 9.59 Å². The minimum Gasteiger partial charge on any atom is -0.334 e. The third-order valence-corrected chi connectivity index (χ3v) is 6.19. The standard InChI is InChI=1S/C21H31N5O2/c1-4-7-20(27)25-10-6-5-8-18(25)17-12-19-22-16-9-11-24(14(2)3)13-15(16)21(28)26(19)23-17/h12,14,18,23H,4-11,13H2,1-3H3/t18-/m0/s1. The Hall–Kier alpha value is -2.15. The zero-order valence-corrected chi connectivity index (χ0v) is 17.2.